The fraction of sp³-hybridized carbons (Fsp3) is 0.250. The summed E-state index contributed by atoms with van der Waals surface area (Å²) in [6.07, 6.45) is 1.38. The van der Waals surface area contributed by atoms with Gasteiger partial charge in [-0.25, -0.2) is 9.37 Å². The quantitative estimate of drug-likeness (QED) is 0.863. The molecule has 0 aliphatic carbocycles. The Morgan fingerprint density at radius 2 is 2.25 bits per heavy atom. The number of aryl methyl sites for hydroxylation is 1. The van der Waals surface area contributed by atoms with E-state index in [-0.39, 0.29) is 5.82 Å². The van der Waals surface area contributed by atoms with Gasteiger partial charge in [0.2, 0.25) is 0 Å². The van der Waals surface area contributed by atoms with Crippen molar-refractivity contribution in [3.8, 4) is 11.3 Å². The maximum atomic E-state index is 13.2. The van der Waals surface area contributed by atoms with Crippen LogP contribution in [0.5, 0.6) is 0 Å². The van der Waals surface area contributed by atoms with Crippen LogP contribution < -0.4 is 5.32 Å². The third-order valence-electron chi connectivity index (χ3n) is 2.43. The van der Waals surface area contributed by atoms with E-state index in [2.05, 4.69) is 10.3 Å². The molecule has 1 heterocycles. The van der Waals surface area contributed by atoms with Crippen LogP contribution >= 0.6 is 0 Å². The SMILES string of the molecule is CNCc1ncoc1-c1cc(F)ccc1C. The fourth-order valence-corrected chi connectivity index (χ4v) is 1.62. The highest BCUT2D eigenvalue weighted by molar-refractivity contribution is 5.63. The smallest absolute Gasteiger partial charge is 0.181 e. The number of benzene rings is 1. The molecule has 16 heavy (non-hydrogen) atoms. The predicted octanol–water partition coefficient (Wildman–Crippen LogP) is 2.51. The third-order valence-corrected chi connectivity index (χ3v) is 2.43. The number of oxazole rings is 1. The lowest BCUT2D eigenvalue weighted by Gasteiger charge is -2.04. The summed E-state index contributed by atoms with van der Waals surface area (Å²) in [5, 5.41) is 3.00. The van der Waals surface area contributed by atoms with Crippen LogP contribution in [0.2, 0.25) is 0 Å². The summed E-state index contributed by atoms with van der Waals surface area (Å²) in [6, 6.07) is 4.64. The number of hydrogen-bond donors (Lipinski definition) is 1. The summed E-state index contributed by atoms with van der Waals surface area (Å²) in [5.74, 6) is 0.360. The normalized spacial score (nSPS) is 10.7. The van der Waals surface area contributed by atoms with Crippen molar-refractivity contribution < 1.29 is 8.81 Å². The molecule has 0 saturated carbocycles. The standard InChI is InChI=1S/C12H13FN2O/c1-8-3-4-9(13)5-10(8)12-11(6-14-2)15-7-16-12/h3-5,7,14H,6H2,1-2H3. The lowest BCUT2D eigenvalue weighted by molar-refractivity contribution is 0.568. The van der Waals surface area contributed by atoms with Gasteiger partial charge in [0.25, 0.3) is 0 Å². The van der Waals surface area contributed by atoms with E-state index >= 15 is 0 Å². The van der Waals surface area contributed by atoms with Crippen LogP contribution in [0.4, 0.5) is 4.39 Å². The van der Waals surface area contributed by atoms with Crippen LogP contribution in [0, 0.1) is 12.7 Å². The second-order valence-corrected chi connectivity index (χ2v) is 3.62. The van der Waals surface area contributed by atoms with Gasteiger partial charge in [0.05, 0.1) is 0 Å². The Labute approximate surface area is 93.3 Å². The molecule has 0 saturated heterocycles. The summed E-state index contributed by atoms with van der Waals surface area (Å²) in [5.41, 5.74) is 2.51. The van der Waals surface area contributed by atoms with E-state index in [1.807, 2.05) is 14.0 Å². The molecule has 4 heteroatoms. The van der Waals surface area contributed by atoms with Crippen molar-refractivity contribution in [2.24, 2.45) is 0 Å². The van der Waals surface area contributed by atoms with Crippen molar-refractivity contribution in [1.82, 2.24) is 10.3 Å². The third kappa shape index (κ3) is 1.97. The summed E-state index contributed by atoms with van der Waals surface area (Å²) >= 11 is 0. The monoisotopic (exact) mass is 220 g/mol. The first-order valence-corrected chi connectivity index (χ1v) is 5.06. The summed E-state index contributed by atoms with van der Waals surface area (Å²) in [4.78, 5) is 4.10. The molecule has 84 valence electrons. The van der Waals surface area contributed by atoms with Gasteiger partial charge in [0.15, 0.2) is 12.2 Å². The average molecular weight is 220 g/mol. The van der Waals surface area contributed by atoms with Crippen molar-refractivity contribution in [2.45, 2.75) is 13.5 Å². The first-order chi connectivity index (χ1) is 7.72. The number of rotatable bonds is 3. The molecule has 2 aromatic rings. The molecule has 1 N–H and O–H groups in total. The molecule has 3 nitrogen and oxygen atoms in total. The molecule has 1 aromatic heterocycles. The van der Waals surface area contributed by atoms with Gasteiger partial charge in [0, 0.05) is 12.1 Å². The average Bonchev–Trinajstić information content (AvgIpc) is 2.70. The van der Waals surface area contributed by atoms with Crippen LogP contribution in [-0.2, 0) is 6.54 Å². The lowest BCUT2D eigenvalue weighted by Crippen LogP contribution is -2.06. The topological polar surface area (TPSA) is 38.1 Å². The van der Waals surface area contributed by atoms with Crippen molar-refractivity contribution in [1.29, 1.82) is 0 Å². The van der Waals surface area contributed by atoms with Gasteiger partial charge in [-0.2, -0.15) is 0 Å². The van der Waals surface area contributed by atoms with Gasteiger partial charge in [-0.05, 0) is 31.7 Å². The van der Waals surface area contributed by atoms with Crippen molar-refractivity contribution in [3.63, 3.8) is 0 Å². The summed E-state index contributed by atoms with van der Waals surface area (Å²) in [6.45, 7) is 2.52. The zero-order valence-corrected chi connectivity index (χ0v) is 9.25. The molecular formula is C12H13FN2O. The molecular weight excluding hydrogens is 207 g/mol. The van der Waals surface area contributed by atoms with E-state index in [1.165, 1.54) is 18.5 Å². The highest BCUT2D eigenvalue weighted by Crippen LogP contribution is 2.27. The first-order valence-electron chi connectivity index (χ1n) is 5.06. The Balaban J connectivity index is 2.49. The van der Waals surface area contributed by atoms with Crippen LogP contribution in [0.1, 0.15) is 11.3 Å². The lowest BCUT2D eigenvalue weighted by atomic mass is 10.0. The molecule has 2 rings (SSSR count). The Morgan fingerprint density at radius 3 is 3.00 bits per heavy atom. The Bertz CT molecular complexity index is 494. The number of halogens is 1. The van der Waals surface area contributed by atoms with Crippen LogP contribution in [0.25, 0.3) is 11.3 Å². The minimum Gasteiger partial charge on any atom is -0.443 e. The number of hydrogen-bond acceptors (Lipinski definition) is 3. The number of aromatic nitrogens is 1. The molecule has 0 radical (unpaired) electrons. The number of nitrogens with one attached hydrogen (secondary N) is 1. The Hall–Kier alpha value is -1.68. The summed E-state index contributed by atoms with van der Waals surface area (Å²) < 4.78 is 18.5. The molecule has 0 fully saturated rings. The van der Waals surface area contributed by atoms with Crippen LogP contribution in [-0.4, -0.2) is 12.0 Å². The molecule has 0 bridgehead atoms. The second kappa shape index (κ2) is 4.45. The van der Waals surface area contributed by atoms with Gasteiger partial charge in [-0.3, -0.25) is 0 Å². The van der Waals surface area contributed by atoms with E-state index in [1.54, 1.807) is 6.07 Å². The summed E-state index contributed by atoms with van der Waals surface area (Å²) in [7, 11) is 1.83. The second-order valence-electron chi connectivity index (χ2n) is 3.62. The van der Waals surface area contributed by atoms with Gasteiger partial charge >= 0.3 is 0 Å². The first kappa shape index (κ1) is 10.8. The predicted molar refractivity (Wildman–Crippen MR) is 59.4 cm³/mol. The van der Waals surface area contributed by atoms with E-state index in [0.717, 1.165) is 16.8 Å². The molecule has 0 amide bonds. The Morgan fingerprint density at radius 1 is 1.44 bits per heavy atom. The zero-order valence-electron chi connectivity index (χ0n) is 9.25. The van der Waals surface area contributed by atoms with Crippen LogP contribution in [0.15, 0.2) is 29.0 Å². The van der Waals surface area contributed by atoms with Crippen molar-refractivity contribution in [2.75, 3.05) is 7.05 Å². The van der Waals surface area contributed by atoms with Crippen molar-refractivity contribution >= 4 is 0 Å². The van der Waals surface area contributed by atoms with Crippen LogP contribution in [0.3, 0.4) is 0 Å². The maximum Gasteiger partial charge on any atom is 0.181 e. The minimum atomic E-state index is -0.271. The zero-order chi connectivity index (χ0) is 11.5. The van der Waals surface area contributed by atoms with Gasteiger partial charge < -0.3 is 9.73 Å². The van der Waals surface area contributed by atoms with E-state index in [4.69, 9.17) is 4.42 Å². The minimum absolute atomic E-state index is 0.271. The molecule has 0 aliphatic rings. The molecule has 0 aliphatic heterocycles. The molecule has 1 aromatic carbocycles. The highest BCUT2D eigenvalue weighted by atomic mass is 19.1. The Kier molecular flexibility index (Phi) is 3.01. The highest BCUT2D eigenvalue weighted by Gasteiger charge is 2.12. The molecule has 0 atom stereocenters. The number of nitrogens with zero attached hydrogens (tertiary/aromatic N) is 1. The molecule has 0 spiro atoms. The fourth-order valence-electron chi connectivity index (χ4n) is 1.62. The largest absolute Gasteiger partial charge is 0.443 e. The molecule has 0 unspecified atom stereocenters. The van der Waals surface area contributed by atoms with E-state index in [0.29, 0.717) is 12.3 Å². The van der Waals surface area contributed by atoms with Crippen molar-refractivity contribution in [3.05, 3.63) is 41.7 Å². The van der Waals surface area contributed by atoms with E-state index < -0.39 is 0 Å². The van der Waals surface area contributed by atoms with Gasteiger partial charge in [-0.15, -0.1) is 0 Å². The maximum absolute atomic E-state index is 13.2. The van der Waals surface area contributed by atoms with Gasteiger partial charge in [-0.1, -0.05) is 6.07 Å². The van der Waals surface area contributed by atoms with Gasteiger partial charge in [0.1, 0.15) is 11.5 Å². The van der Waals surface area contributed by atoms with E-state index in [9.17, 15) is 4.39 Å².